The van der Waals surface area contributed by atoms with E-state index in [1.54, 1.807) is 6.92 Å². The van der Waals surface area contributed by atoms with Crippen molar-refractivity contribution in [1.29, 1.82) is 0 Å². The number of carbonyl (C=O) groups excluding carboxylic acids is 1. The lowest BCUT2D eigenvalue weighted by molar-refractivity contribution is -0.139. The average Bonchev–Trinajstić information content (AvgIpc) is 2.34. The molecule has 0 radical (unpaired) electrons. The molecule has 0 saturated heterocycles. The Labute approximate surface area is 110 Å². The van der Waals surface area contributed by atoms with Crippen LogP contribution in [0.3, 0.4) is 0 Å². The third-order valence-corrected chi connectivity index (χ3v) is 9.28. The van der Waals surface area contributed by atoms with Gasteiger partial charge in [-0.3, -0.25) is 0 Å². The maximum Gasteiger partial charge on any atom is 0.333 e. The molecule has 0 unspecified atom stereocenters. The van der Waals surface area contributed by atoms with Crippen molar-refractivity contribution >= 4 is 20.0 Å². The van der Waals surface area contributed by atoms with Gasteiger partial charge in [0.05, 0.1) is 14.7 Å². The molecule has 0 aliphatic carbocycles. The highest BCUT2D eigenvalue weighted by molar-refractivity contribution is 6.80. The lowest BCUT2D eigenvalue weighted by Gasteiger charge is -2.28. The minimum Gasteiger partial charge on any atom is -0.478 e. The number of hydrogen-bond donors (Lipinski definition) is 1. The second-order valence-electron chi connectivity index (χ2n) is 4.47. The van der Waals surface area contributed by atoms with Gasteiger partial charge in [0.15, 0.2) is 0 Å². The highest BCUT2D eigenvalue weighted by Gasteiger charge is 2.30. The zero-order valence-corrected chi connectivity index (χ0v) is 12.8. The van der Waals surface area contributed by atoms with Gasteiger partial charge in [-0.25, -0.2) is 9.59 Å². The molecule has 0 amide bonds. The Morgan fingerprint density at radius 1 is 1.11 bits per heavy atom. The Balaban J connectivity index is 5.11. The first-order chi connectivity index (χ1) is 8.44. The summed E-state index contributed by atoms with van der Waals surface area (Å²) in [5.41, 5.74) is 0.321. The number of ether oxygens (including phenoxy) is 1. The summed E-state index contributed by atoms with van der Waals surface area (Å²) in [6, 6.07) is 3.75. The van der Waals surface area contributed by atoms with Crippen LogP contribution in [-0.2, 0) is 14.3 Å². The normalized spacial score (nSPS) is 12.3. The summed E-state index contributed by atoms with van der Waals surface area (Å²) in [7, 11) is -1.57. The number of carboxylic acids is 1. The molecule has 0 aromatic rings. The smallest absolute Gasteiger partial charge is 0.333 e. The van der Waals surface area contributed by atoms with Crippen molar-refractivity contribution in [3.63, 3.8) is 0 Å². The minimum atomic E-state index is -1.57. The molecule has 0 fully saturated rings. The predicted octanol–water partition coefficient (Wildman–Crippen LogP) is 3.07. The standard InChI is InChI=1S/C13H24O4Si/c1-5-17-13(16)11(9-12(14)15)10-18(6-2,7-3)8-4/h9H,5-8,10H2,1-4H3,(H,14,15)/b11-9-. The van der Waals surface area contributed by atoms with Crippen molar-refractivity contribution in [3.8, 4) is 0 Å². The molecule has 0 spiro atoms. The van der Waals surface area contributed by atoms with Gasteiger partial charge in [-0.15, -0.1) is 0 Å². The van der Waals surface area contributed by atoms with Crippen LogP contribution in [0.1, 0.15) is 27.7 Å². The summed E-state index contributed by atoms with van der Waals surface area (Å²) in [5.74, 6) is -1.56. The fourth-order valence-corrected chi connectivity index (χ4v) is 5.39. The Bertz CT molecular complexity index is 311. The lowest BCUT2D eigenvalue weighted by atomic mass is 10.3. The van der Waals surface area contributed by atoms with Gasteiger partial charge in [-0.1, -0.05) is 38.9 Å². The van der Waals surface area contributed by atoms with E-state index in [1.165, 1.54) is 0 Å². The van der Waals surface area contributed by atoms with E-state index >= 15 is 0 Å². The number of carboxylic acid groups (broad SMARTS) is 1. The summed E-state index contributed by atoms with van der Waals surface area (Å²) in [4.78, 5) is 22.6. The van der Waals surface area contributed by atoms with Crippen molar-refractivity contribution in [3.05, 3.63) is 11.6 Å². The number of esters is 1. The first kappa shape index (κ1) is 16.9. The van der Waals surface area contributed by atoms with Gasteiger partial charge < -0.3 is 9.84 Å². The summed E-state index contributed by atoms with van der Waals surface area (Å²) in [5, 5.41) is 8.85. The van der Waals surface area contributed by atoms with Gasteiger partial charge in [0.25, 0.3) is 0 Å². The van der Waals surface area contributed by atoms with Crippen molar-refractivity contribution in [2.24, 2.45) is 0 Å². The zero-order valence-electron chi connectivity index (χ0n) is 11.8. The maximum absolute atomic E-state index is 11.8. The quantitative estimate of drug-likeness (QED) is 0.419. The molecule has 0 rings (SSSR count). The van der Waals surface area contributed by atoms with Gasteiger partial charge in [0.2, 0.25) is 0 Å². The van der Waals surface area contributed by atoms with E-state index in [2.05, 4.69) is 20.8 Å². The van der Waals surface area contributed by atoms with E-state index in [0.29, 0.717) is 11.6 Å². The molecule has 0 saturated carbocycles. The first-order valence-electron chi connectivity index (χ1n) is 6.55. The van der Waals surface area contributed by atoms with E-state index in [4.69, 9.17) is 9.84 Å². The molecule has 0 aromatic carbocycles. The van der Waals surface area contributed by atoms with E-state index in [-0.39, 0.29) is 6.61 Å². The topological polar surface area (TPSA) is 63.6 Å². The monoisotopic (exact) mass is 272 g/mol. The van der Waals surface area contributed by atoms with Crippen molar-refractivity contribution in [1.82, 2.24) is 0 Å². The van der Waals surface area contributed by atoms with Gasteiger partial charge in [-0.2, -0.15) is 0 Å². The number of rotatable bonds is 8. The van der Waals surface area contributed by atoms with Crippen LogP contribution in [0.25, 0.3) is 0 Å². The van der Waals surface area contributed by atoms with Crippen LogP contribution in [0.15, 0.2) is 11.6 Å². The number of carbonyl (C=O) groups is 2. The van der Waals surface area contributed by atoms with Crippen LogP contribution in [0.4, 0.5) is 0 Å². The molecule has 0 aliphatic rings. The molecule has 0 aromatic heterocycles. The van der Waals surface area contributed by atoms with Gasteiger partial charge in [-0.05, 0) is 13.0 Å². The molecule has 0 heterocycles. The number of hydrogen-bond acceptors (Lipinski definition) is 3. The second kappa shape index (κ2) is 8.08. The fraction of sp³-hybridized carbons (Fsp3) is 0.692. The van der Waals surface area contributed by atoms with Crippen molar-refractivity contribution in [2.75, 3.05) is 6.61 Å². The third kappa shape index (κ3) is 5.04. The molecule has 18 heavy (non-hydrogen) atoms. The van der Waals surface area contributed by atoms with E-state index in [0.717, 1.165) is 24.2 Å². The molecular formula is C13H24O4Si. The highest BCUT2D eigenvalue weighted by atomic mass is 28.3. The van der Waals surface area contributed by atoms with E-state index < -0.39 is 20.0 Å². The summed E-state index contributed by atoms with van der Waals surface area (Å²) in [6.07, 6.45) is 1.01. The summed E-state index contributed by atoms with van der Waals surface area (Å²) < 4.78 is 4.94. The molecule has 0 atom stereocenters. The van der Waals surface area contributed by atoms with Crippen LogP contribution < -0.4 is 0 Å². The highest BCUT2D eigenvalue weighted by Crippen LogP contribution is 2.29. The van der Waals surface area contributed by atoms with Crippen LogP contribution in [0.5, 0.6) is 0 Å². The van der Waals surface area contributed by atoms with Gasteiger partial charge in [0.1, 0.15) is 0 Å². The van der Waals surface area contributed by atoms with E-state index in [1.807, 2.05) is 0 Å². The predicted molar refractivity (Wildman–Crippen MR) is 74.4 cm³/mol. The van der Waals surface area contributed by atoms with Crippen molar-refractivity contribution in [2.45, 2.75) is 51.9 Å². The van der Waals surface area contributed by atoms with E-state index in [9.17, 15) is 9.59 Å². The molecule has 5 heteroatoms. The molecule has 4 nitrogen and oxygen atoms in total. The third-order valence-electron chi connectivity index (χ3n) is 3.65. The molecule has 0 aliphatic heterocycles. The molecular weight excluding hydrogens is 248 g/mol. The molecule has 104 valence electrons. The maximum atomic E-state index is 11.8. The average molecular weight is 272 g/mol. The first-order valence-corrected chi connectivity index (χ1v) is 9.38. The summed E-state index contributed by atoms with van der Waals surface area (Å²) >= 11 is 0. The van der Waals surface area contributed by atoms with Crippen LogP contribution >= 0.6 is 0 Å². The zero-order chi connectivity index (χ0) is 14.2. The number of aliphatic carboxylic acids is 1. The SMILES string of the molecule is CCOC(=O)/C(=C\C(=O)O)C[Si](CC)(CC)CC. The van der Waals surface area contributed by atoms with Crippen LogP contribution in [0, 0.1) is 0 Å². The molecule has 0 bridgehead atoms. The summed E-state index contributed by atoms with van der Waals surface area (Å²) in [6.45, 7) is 8.38. The van der Waals surface area contributed by atoms with Crippen LogP contribution in [0.2, 0.25) is 24.2 Å². The Morgan fingerprint density at radius 3 is 1.94 bits per heavy atom. The van der Waals surface area contributed by atoms with Gasteiger partial charge >= 0.3 is 11.9 Å². The Morgan fingerprint density at radius 2 is 1.61 bits per heavy atom. The second-order valence-corrected chi connectivity index (χ2v) is 9.94. The largest absolute Gasteiger partial charge is 0.478 e. The van der Waals surface area contributed by atoms with Crippen molar-refractivity contribution < 1.29 is 19.4 Å². The Kier molecular flexibility index (Phi) is 7.58. The van der Waals surface area contributed by atoms with Crippen LogP contribution in [-0.4, -0.2) is 31.7 Å². The Hall–Kier alpha value is -1.10. The fourth-order valence-electron chi connectivity index (χ4n) is 2.08. The lowest BCUT2D eigenvalue weighted by Crippen LogP contribution is -2.33. The van der Waals surface area contributed by atoms with Gasteiger partial charge in [0, 0.05) is 11.6 Å². The molecule has 1 N–H and O–H groups in total. The minimum absolute atomic E-state index is 0.273.